The molecule has 0 fully saturated rings. The number of amides is 1. The van der Waals surface area contributed by atoms with Crippen molar-refractivity contribution in [2.75, 3.05) is 24.8 Å². The van der Waals surface area contributed by atoms with E-state index in [4.69, 9.17) is 16.2 Å². The standard InChI is InChI=1S/C14H16N4O2/c1-18(11-5-3-4-6-12(11)20-2)14-9(15)7-8-10(17-14)13(16)19/h3-8H,15H2,1-2H3,(H2,16,19). The average molecular weight is 272 g/mol. The van der Waals surface area contributed by atoms with Gasteiger partial charge in [0.2, 0.25) is 0 Å². The largest absolute Gasteiger partial charge is 0.495 e. The molecule has 4 N–H and O–H groups in total. The van der Waals surface area contributed by atoms with Crippen molar-refractivity contribution in [3.8, 4) is 5.75 Å². The summed E-state index contributed by atoms with van der Waals surface area (Å²) in [6.45, 7) is 0. The molecule has 0 unspecified atom stereocenters. The second kappa shape index (κ2) is 5.48. The number of nitrogens with two attached hydrogens (primary N) is 2. The molecule has 0 radical (unpaired) electrons. The summed E-state index contributed by atoms with van der Waals surface area (Å²) in [5.74, 6) is 0.533. The van der Waals surface area contributed by atoms with Crippen LogP contribution in [0.5, 0.6) is 5.75 Å². The Morgan fingerprint density at radius 2 is 1.95 bits per heavy atom. The first-order valence-corrected chi connectivity index (χ1v) is 5.97. The Kier molecular flexibility index (Phi) is 3.74. The molecule has 1 heterocycles. The Balaban J connectivity index is 2.50. The van der Waals surface area contributed by atoms with Gasteiger partial charge in [-0.25, -0.2) is 4.98 Å². The molecule has 6 nitrogen and oxygen atoms in total. The smallest absolute Gasteiger partial charge is 0.267 e. The van der Waals surface area contributed by atoms with Crippen molar-refractivity contribution < 1.29 is 9.53 Å². The molecule has 0 aliphatic rings. The summed E-state index contributed by atoms with van der Waals surface area (Å²) in [6, 6.07) is 10.6. The molecule has 0 atom stereocenters. The van der Waals surface area contributed by atoms with Gasteiger partial charge in [0.05, 0.1) is 18.5 Å². The summed E-state index contributed by atoms with van der Waals surface area (Å²) < 4.78 is 5.30. The van der Waals surface area contributed by atoms with Crippen molar-refractivity contribution in [2.24, 2.45) is 5.73 Å². The fourth-order valence-electron chi connectivity index (χ4n) is 1.89. The van der Waals surface area contributed by atoms with Gasteiger partial charge < -0.3 is 21.1 Å². The highest BCUT2D eigenvalue weighted by Gasteiger charge is 2.15. The van der Waals surface area contributed by atoms with Gasteiger partial charge in [0.25, 0.3) is 5.91 Å². The number of nitrogens with zero attached hydrogens (tertiary/aromatic N) is 2. The molecule has 1 amide bonds. The summed E-state index contributed by atoms with van der Waals surface area (Å²) in [7, 11) is 3.38. The summed E-state index contributed by atoms with van der Waals surface area (Å²) in [6.07, 6.45) is 0. The summed E-state index contributed by atoms with van der Waals surface area (Å²) in [5, 5.41) is 0. The summed E-state index contributed by atoms with van der Waals surface area (Å²) in [4.78, 5) is 17.2. The minimum Gasteiger partial charge on any atom is -0.495 e. The van der Waals surface area contributed by atoms with E-state index < -0.39 is 5.91 Å². The highest BCUT2D eigenvalue weighted by atomic mass is 16.5. The van der Waals surface area contributed by atoms with E-state index in [0.717, 1.165) is 5.69 Å². The van der Waals surface area contributed by atoms with E-state index in [9.17, 15) is 4.79 Å². The van der Waals surface area contributed by atoms with E-state index in [-0.39, 0.29) is 5.69 Å². The molecule has 0 spiro atoms. The molecule has 104 valence electrons. The first kappa shape index (κ1) is 13.7. The molecule has 0 saturated carbocycles. The Hall–Kier alpha value is -2.76. The zero-order valence-electron chi connectivity index (χ0n) is 11.3. The van der Waals surface area contributed by atoms with Crippen LogP contribution in [0.3, 0.4) is 0 Å². The van der Waals surface area contributed by atoms with Crippen LogP contribution < -0.4 is 21.1 Å². The van der Waals surface area contributed by atoms with Crippen LogP contribution in [0, 0.1) is 0 Å². The maximum absolute atomic E-state index is 11.2. The molecular weight excluding hydrogens is 256 g/mol. The van der Waals surface area contributed by atoms with E-state index in [2.05, 4.69) is 4.98 Å². The Labute approximate surface area is 117 Å². The normalized spacial score (nSPS) is 10.1. The fraction of sp³-hybridized carbons (Fsp3) is 0.143. The maximum atomic E-state index is 11.2. The Morgan fingerprint density at radius 1 is 1.25 bits per heavy atom. The monoisotopic (exact) mass is 272 g/mol. The van der Waals surface area contributed by atoms with E-state index in [0.29, 0.717) is 17.3 Å². The Morgan fingerprint density at radius 3 is 2.60 bits per heavy atom. The van der Waals surface area contributed by atoms with Crippen LogP contribution in [-0.2, 0) is 0 Å². The number of benzene rings is 1. The number of methoxy groups -OCH3 is 1. The van der Waals surface area contributed by atoms with Crippen LogP contribution in [0.1, 0.15) is 10.5 Å². The topological polar surface area (TPSA) is 94.5 Å². The number of ether oxygens (including phenoxy) is 1. The van der Waals surface area contributed by atoms with Crippen molar-refractivity contribution in [1.29, 1.82) is 0 Å². The predicted molar refractivity (Wildman–Crippen MR) is 78.2 cm³/mol. The van der Waals surface area contributed by atoms with Crippen molar-refractivity contribution in [1.82, 2.24) is 4.98 Å². The predicted octanol–water partition coefficient (Wildman–Crippen LogP) is 1.54. The first-order chi connectivity index (χ1) is 9.54. The van der Waals surface area contributed by atoms with E-state index in [1.807, 2.05) is 24.3 Å². The molecule has 0 saturated heterocycles. The van der Waals surface area contributed by atoms with Gasteiger partial charge in [0.1, 0.15) is 11.4 Å². The minimum atomic E-state index is -0.598. The third-order valence-corrected chi connectivity index (χ3v) is 2.92. The number of anilines is 3. The molecule has 20 heavy (non-hydrogen) atoms. The number of hydrogen-bond acceptors (Lipinski definition) is 5. The van der Waals surface area contributed by atoms with Crippen LogP contribution in [0.15, 0.2) is 36.4 Å². The second-order valence-corrected chi connectivity index (χ2v) is 4.20. The lowest BCUT2D eigenvalue weighted by Gasteiger charge is -2.22. The third-order valence-electron chi connectivity index (χ3n) is 2.92. The number of para-hydroxylation sites is 2. The molecule has 2 rings (SSSR count). The minimum absolute atomic E-state index is 0.163. The van der Waals surface area contributed by atoms with E-state index in [1.165, 1.54) is 6.07 Å². The molecule has 0 bridgehead atoms. The number of pyridine rings is 1. The van der Waals surface area contributed by atoms with Crippen molar-refractivity contribution >= 4 is 23.1 Å². The number of aromatic nitrogens is 1. The lowest BCUT2D eigenvalue weighted by atomic mass is 10.2. The van der Waals surface area contributed by atoms with Crippen molar-refractivity contribution in [3.05, 3.63) is 42.1 Å². The van der Waals surface area contributed by atoms with E-state index in [1.54, 1.807) is 25.1 Å². The summed E-state index contributed by atoms with van der Waals surface area (Å²) >= 11 is 0. The quantitative estimate of drug-likeness (QED) is 0.880. The van der Waals surface area contributed by atoms with Crippen LogP contribution in [0.2, 0.25) is 0 Å². The van der Waals surface area contributed by atoms with Crippen molar-refractivity contribution in [3.63, 3.8) is 0 Å². The van der Waals surface area contributed by atoms with Crippen LogP contribution in [0.4, 0.5) is 17.2 Å². The molecule has 1 aromatic carbocycles. The van der Waals surface area contributed by atoms with Gasteiger partial charge >= 0.3 is 0 Å². The van der Waals surface area contributed by atoms with Crippen LogP contribution in [-0.4, -0.2) is 25.0 Å². The van der Waals surface area contributed by atoms with Gasteiger partial charge in [-0.3, -0.25) is 4.79 Å². The fourth-order valence-corrected chi connectivity index (χ4v) is 1.89. The number of hydrogen-bond donors (Lipinski definition) is 2. The van der Waals surface area contributed by atoms with Gasteiger partial charge in [-0.2, -0.15) is 0 Å². The molecule has 1 aromatic heterocycles. The summed E-state index contributed by atoms with van der Waals surface area (Å²) in [5.41, 5.74) is 12.6. The SMILES string of the molecule is COc1ccccc1N(C)c1nc(C(N)=O)ccc1N. The number of rotatable bonds is 4. The molecule has 6 heteroatoms. The zero-order valence-corrected chi connectivity index (χ0v) is 11.3. The van der Waals surface area contributed by atoms with Gasteiger partial charge in [0.15, 0.2) is 5.82 Å². The Bertz CT molecular complexity index is 643. The highest BCUT2D eigenvalue weighted by molar-refractivity contribution is 5.92. The first-order valence-electron chi connectivity index (χ1n) is 5.97. The lowest BCUT2D eigenvalue weighted by molar-refractivity contribution is 0.0995. The van der Waals surface area contributed by atoms with E-state index >= 15 is 0 Å². The number of carbonyl (C=O) groups is 1. The molecule has 0 aliphatic heterocycles. The van der Waals surface area contributed by atoms with Gasteiger partial charge in [0, 0.05) is 7.05 Å². The van der Waals surface area contributed by atoms with Gasteiger partial charge in [-0.1, -0.05) is 12.1 Å². The van der Waals surface area contributed by atoms with Gasteiger partial charge in [-0.05, 0) is 24.3 Å². The highest BCUT2D eigenvalue weighted by Crippen LogP contribution is 2.33. The second-order valence-electron chi connectivity index (χ2n) is 4.20. The number of nitrogen functional groups attached to an aromatic ring is 1. The number of carbonyl (C=O) groups excluding carboxylic acids is 1. The van der Waals surface area contributed by atoms with Crippen LogP contribution >= 0.6 is 0 Å². The van der Waals surface area contributed by atoms with Crippen molar-refractivity contribution in [2.45, 2.75) is 0 Å². The number of primary amides is 1. The molecule has 0 aliphatic carbocycles. The zero-order chi connectivity index (χ0) is 14.7. The molecule has 2 aromatic rings. The maximum Gasteiger partial charge on any atom is 0.267 e. The lowest BCUT2D eigenvalue weighted by Crippen LogP contribution is -2.18. The van der Waals surface area contributed by atoms with Crippen LogP contribution in [0.25, 0.3) is 0 Å². The third kappa shape index (κ3) is 2.49. The molecular formula is C14H16N4O2. The average Bonchev–Trinajstić information content (AvgIpc) is 2.46. The van der Waals surface area contributed by atoms with Gasteiger partial charge in [-0.15, -0.1) is 0 Å².